The number of rotatable bonds is 5. The Morgan fingerprint density at radius 1 is 1.23 bits per heavy atom. The smallest absolute Gasteiger partial charge is 0.165 e. The van der Waals surface area contributed by atoms with Crippen LogP contribution in [0.5, 0.6) is 0 Å². The second-order valence-corrected chi connectivity index (χ2v) is 11.5. The largest absolute Gasteiger partial charge is 0.384 e. The van der Waals surface area contributed by atoms with E-state index in [0.29, 0.717) is 40.0 Å². The molecule has 0 bridgehead atoms. The fraction of sp³-hybridized carbons (Fsp3) is 0.364. The van der Waals surface area contributed by atoms with Crippen molar-refractivity contribution in [2.24, 2.45) is 11.1 Å². The van der Waals surface area contributed by atoms with Gasteiger partial charge in [-0.1, -0.05) is 40.5 Å². The molecule has 0 spiro atoms. The molecule has 8 heteroatoms. The number of halogens is 2. The molecule has 0 aliphatic carbocycles. The van der Waals surface area contributed by atoms with Gasteiger partial charge in [-0.3, -0.25) is 9.57 Å². The summed E-state index contributed by atoms with van der Waals surface area (Å²) in [7, 11) is -2.42. The van der Waals surface area contributed by atoms with Crippen LogP contribution in [0.15, 0.2) is 41.6 Å². The van der Waals surface area contributed by atoms with Crippen LogP contribution < -0.4 is 0 Å². The first kappa shape index (κ1) is 21.3. The van der Waals surface area contributed by atoms with Crippen LogP contribution in [-0.4, -0.2) is 27.2 Å². The average Bonchev–Trinajstić information content (AvgIpc) is 3.03. The highest BCUT2D eigenvalue weighted by Gasteiger charge is 2.37. The van der Waals surface area contributed by atoms with Crippen molar-refractivity contribution in [3.05, 3.63) is 68.7 Å². The van der Waals surface area contributed by atoms with Gasteiger partial charge in [0.2, 0.25) is 0 Å². The van der Waals surface area contributed by atoms with Gasteiger partial charge in [0, 0.05) is 55.2 Å². The first-order chi connectivity index (χ1) is 14.0. The minimum absolute atomic E-state index is 0.0296. The third-order valence-corrected chi connectivity index (χ3v) is 8.14. The standard InChI is InChI=1S/C22H22Cl2N2O3S/c1-13-5-15(3-4-19(13)21(27)6-14-11-30(25,28)12-14)20-10-22(2,29-26-20)16-7-17(23)9-18(24)8-16/h3-5,7-9,14,25H,6,10-12H2,1-2H3. The van der Waals surface area contributed by atoms with Crippen molar-refractivity contribution in [2.45, 2.75) is 32.3 Å². The van der Waals surface area contributed by atoms with E-state index < -0.39 is 15.3 Å². The van der Waals surface area contributed by atoms with E-state index in [1.807, 2.05) is 44.2 Å². The van der Waals surface area contributed by atoms with E-state index in [-0.39, 0.29) is 11.7 Å². The van der Waals surface area contributed by atoms with Crippen LogP contribution in [0.4, 0.5) is 0 Å². The molecule has 30 heavy (non-hydrogen) atoms. The number of carbonyl (C=O) groups is 1. The molecule has 2 aliphatic rings. The molecule has 1 unspecified atom stereocenters. The van der Waals surface area contributed by atoms with Crippen molar-refractivity contribution in [1.82, 2.24) is 0 Å². The maximum absolute atomic E-state index is 12.6. The predicted octanol–water partition coefficient (Wildman–Crippen LogP) is 5.59. The van der Waals surface area contributed by atoms with Crippen LogP contribution >= 0.6 is 23.2 Å². The zero-order valence-corrected chi connectivity index (χ0v) is 19.0. The van der Waals surface area contributed by atoms with E-state index in [1.165, 1.54) is 0 Å². The van der Waals surface area contributed by atoms with Crippen LogP contribution in [0.2, 0.25) is 10.0 Å². The first-order valence-electron chi connectivity index (χ1n) is 9.65. The van der Waals surface area contributed by atoms with E-state index in [9.17, 15) is 9.00 Å². The molecule has 1 saturated heterocycles. The average molecular weight is 465 g/mol. The van der Waals surface area contributed by atoms with E-state index in [1.54, 1.807) is 6.07 Å². The van der Waals surface area contributed by atoms with Crippen molar-refractivity contribution >= 4 is 44.4 Å². The maximum Gasteiger partial charge on any atom is 0.165 e. The highest BCUT2D eigenvalue weighted by molar-refractivity contribution is 7.93. The molecule has 0 radical (unpaired) electrons. The van der Waals surface area contributed by atoms with Crippen molar-refractivity contribution in [3.63, 3.8) is 0 Å². The highest BCUT2D eigenvalue weighted by atomic mass is 35.5. The van der Waals surface area contributed by atoms with Gasteiger partial charge in [-0.25, -0.2) is 4.21 Å². The van der Waals surface area contributed by atoms with Crippen LogP contribution in [-0.2, 0) is 20.2 Å². The van der Waals surface area contributed by atoms with Crippen LogP contribution in [0.3, 0.4) is 0 Å². The number of oxime groups is 1. The summed E-state index contributed by atoms with van der Waals surface area (Å²) in [4.78, 5) is 18.4. The van der Waals surface area contributed by atoms with Gasteiger partial charge in [-0.05, 0) is 55.2 Å². The molecule has 1 fully saturated rings. The van der Waals surface area contributed by atoms with Gasteiger partial charge in [0.1, 0.15) is 0 Å². The molecule has 2 aromatic rings. The number of Topliss-reactive ketones (excluding diaryl/α,β-unsaturated/α-hetero) is 1. The summed E-state index contributed by atoms with van der Waals surface area (Å²) in [5.41, 5.74) is 3.41. The van der Waals surface area contributed by atoms with Gasteiger partial charge in [-0.2, -0.15) is 0 Å². The molecule has 2 aliphatic heterocycles. The number of nitrogens with one attached hydrogen (secondary N) is 1. The molecule has 4 rings (SSSR count). The SMILES string of the molecule is Cc1cc(C2=NOC(C)(c3cc(Cl)cc(Cl)c3)C2)ccc1C(=O)CC1CS(=N)(=O)C1. The molecule has 2 aromatic carbocycles. The zero-order chi connectivity index (χ0) is 21.7. The lowest BCUT2D eigenvalue weighted by molar-refractivity contribution is -0.00737. The van der Waals surface area contributed by atoms with Gasteiger partial charge in [0.15, 0.2) is 11.4 Å². The lowest BCUT2D eigenvalue weighted by Gasteiger charge is -2.27. The number of benzene rings is 2. The Labute approximate surface area is 186 Å². The van der Waals surface area contributed by atoms with Gasteiger partial charge in [-0.15, -0.1) is 0 Å². The predicted molar refractivity (Wildman–Crippen MR) is 120 cm³/mol. The van der Waals surface area contributed by atoms with Gasteiger partial charge in [0.25, 0.3) is 0 Å². The first-order valence-corrected chi connectivity index (χ1v) is 12.3. The number of carbonyl (C=O) groups excluding carboxylic acids is 1. The Morgan fingerprint density at radius 2 is 1.90 bits per heavy atom. The van der Waals surface area contributed by atoms with E-state index in [4.69, 9.17) is 32.8 Å². The fourth-order valence-corrected chi connectivity index (χ4v) is 6.25. The Hall–Kier alpha value is -1.89. The van der Waals surface area contributed by atoms with Crippen molar-refractivity contribution < 1.29 is 13.8 Å². The molecule has 0 saturated carbocycles. The summed E-state index contributed by atoms with van der Waals surface area (Å²) >= 11 is 12.3. The van der Waals surface area contributed by atoms with Crippen molar-refractivity contribution in [2.75, 3.05) is 11.5 Å². The van der Waals surface area contributed by atoms with E-state index >= 15 is 0 Å². The van der Waals surface area contributed by atoms with Crippen LogP contribution in [0, 0.1) is 17.6 Å². The van der Waals surface area contributed by atoms with Gasteiger partial charge in [0.05, 0.1) is 5.71 Å². The number of nitrogens with zero attached hydrogens (tertiary/aromatic N) is 1. The van der Waals surface area contributed by atoms with Gasteiger partial charge < -0.3 is 4.84 Å². The number of hydrogen-bond donors (Lipinski definition) is 1. The molecular formula is C22H22Cl2N2O3S. The molecule has 1 atom stereocenters. The second kappa shape index (κ2) is 7.66. The Bertz CT molecular complexity index is 1140. The monoisotopic (exact) mass is 464 g/mol. The van der Waals surface area contributed by atoms with Crippen LogP contribution in [0.1, 0.15) is 46.8 Å². The molecular weight excluding hydrogens is 443 g/mol. The summed E-state index contributed by atoms with van der Waals surface area (Å²) in [6.45, 7) is 3.84. The number of ketones is 1. The lowest BCUT2D eigenvalue weighted by Crippen LogP contribution is -2.36. The minimum Gasteiger partial charge on any atom is -0.384 e. The summed E-state index contributed by atoms with van der Waals surface area (Å²) in [6.07, 6.45) is 0.893. The maximum atomic E-state index is 12.6. The van der Waals surface area contributed by atoms with E-state index in [2.05, 4.69) is 5.16 Å². The summed E-state index contributed by atoms with van der Waals surface area (Å²) in [5, 5.41) is 5.38. The molecule has 158 valence electrons. The lowest BCUT2D eigenvalue weighted by atomic mass is 9.88. The number of hydrogen-bond acceptors (Lipinski definition) is 5. The highest BCUT2D eigenvalue weighted by Crippen LogP contribution is 2.38. The van der Waals surface area contributed by atoms with E-state index in [0.717, 1.165) is 22.4 Å². The summed E-state index contributed by atoms with van der Waals surface area (Å²) in [6, 6.07) is 11.0. The molecule has 5 nitrogen and oxygen atoms in total. The Balaban J connectivity index is 1.49. The van der Waals surface area contributed by atoms with Gasteiger partial charge >= 0.3 is 0 Å². The molecule has 2 heterocycles. The van der Waals surface area contributed by atoms with Crippen LogP contribution in [0.25, 0.3) is 0 Å². The normalized spacial score (nSPS) is 27.9. The van der Waals surface area contributed by atoms with Crippen molar-refractivity contribution in [3.8, 4) is 0 Å². The Kier molecular flexibility index (Phi) is 5.45. The number of aryl methyl sites for hydroxylation is 1. The topological polar surface area (TPSA) is 79.6 Å². The third-order valence-electron chi connectivity index (χ3n) is 5.68. The zero-order valence-electron chi connectivity index (χ0n) is 16.7. The summed E-state index contributed by atoms with van der Waals surface area (Å²) in [5.74, 6) is 0.744. The fourth-order valence-electron chi connectivity index (χ4n) is 4.07. The second-order valence-electron chi connectivity index (χ2n) is 8.36. The molecule has 0 aromatic heterocycles. The minimum atomic E-state index is -2.42. The molecule has 0 amide bonds. The Morgan fingerprint density at radius 3 is 2.50 bits per heavy atom. The summed E-state index contributed by atoms with van der Waals surface area (Å²) < 4.78 is 19.0. The quantitative estimate of drug-likeness (QED) is 0.585. The van der Waals surface area contributed by atoms with Crippen molar-refractivity contribution in [1.29, 1.82) is 4.78 Å². The molecule has 1 N–H and O–H groups in total. The third kappa shape index (κ3) is 4.27.